The fourth-order valence-corrected chi connectivity index (χ4v) is 4.98. The van der Waals surface area contributed by atoms with E-state index in [0.717, 1.165) is 0 Å². The van der Waals surface area contributed by atoms with E-state index in [-0.39, 0.29) is 15.5 Å². The van der Waals surface area contributed by atoms with Crippen molar-refractivity contribution in [3.05, 3.63) is 83.3 Å². The monoisotopic (exact) mass is 466 g/mol. The zero-order valence-corrected chi connectivity index (χ0v) is 17.1. The average Bonchev–Trinajstić information content (AvgIpc) is 2.62. The molecule has 27 heavy (non-hydrogen) atoms. The SMILES string of the molecule is O=S(=O)(Nc1ccccc1)c1ccc(NS(=O)(=O)c2cccc(Br)c2)cc1. The number of hydrogen-bond donors (Lipinski definition) is 2. The summed E-state index contributed by atoms with van der Waals surface area (Å²) in [5.74, 6) is 0. The Kier molecular flexibility index (Phi) is 5.54. The van der Waals surface area contributed by atoms with Gasteiger partial charge in [0.1, 0.15) is 0 Å². The van der Waals surface area contributed by atoms with Crippen LogP contribution in [-0.2, 0) is 20.0 Å². The molecule has 3 aromatic carbocycles. The number of rotatable bonds is 6. The Labute approximate surface area is 166 Å². The topological polar surface area (TPSA) is 92.3 Å². The molecule has 0 aliphatic heterocycles. The molecule has 0 bridgehead atoms. The van der Waals surface area contributed by atoms with E-state index in [4.69, 9.17) is 0 Å². The Bertz CT molecular complexity index is 1150. The van der Waals surface area contributed by atoms with Gasteiger partial charge in [-0.25, -0.2) is 16.8 Å². The highest BCUT2D eigenvalue weighted by atomic mass is 79.9. The van der Waals surface area contributed by atoms with Crippen molar-refractivity contribution in [2.45, 2.75) is 9.79 Å². The quantitative estimate of drug-likeness (QED) is 0.572. The second kappa shape index (κ2) is 7.71. The molecular weight excluding hydrogens is 452 g/mol. The summed E-state index contributed by atoms with van der Waals surface area (Å²) >= 11 is 3.23. The van der Waals surface area contributed by atoms with Gasteiger partial charge in [-0.15, -0.1) is 0 Å². The molecule has 0 aliphatic carbocycles. The lowest BCUT2D eigenvalue weighted by Crippen LogP contribution is -2.14. The third-order valence-corrected chi connectivity index (χ3v) is 6.82. The van der Waals surface area contributed by atoms with Gasteiger partial charge in [-0.2, -0.15) is 0 Å². The number of benzene rings is 3. The summed E-state index contributed by atoms with van der Waals surface area (Å²) in [5.41, 5.74) is 0.700. The lowest BCUT2D eigenvalue weighted by Gasteiger charge is -2.10. The van der Waals surface area contributed by atoms with Crippen LogP contribution in [-0.4, -0.2) is 16.8 Å². The summed E-state index contributed by atoms with van der Waals surface area (Å²) < 4.78 is 55.2. The summed E-state index contributed by atoms with van der Waals surface area (Å²) in [5, 5.41) is 0. The summed E-state index contributed by atoms with van der Waals surface area (Å²) in [6, 6.07) is 20.2. The molecule has 0 radical (unpaired) electrons. The number of sulfonamides is 2. The zero-order valence-electron chi connectivity index (χ0n) is 13.8. The maximum atomic E-state index is 12.4. The molecular formula is C18H15BrN2O4S2. The predicted molar refractivity (Wildman–Crippen MR) is 109 cm³/mol. The van der Waals surface area contributed by atoms with Crippen molar-refractivity contribution in [1.29, 1.82) is 0 Å². The lowest BCUT2D eigenvalue weighted by atomic mass is 10.3. The molecule has 3 aromatic rings. The molecule has 0 aromatic heterocycles. The molecule has 0 spiro atoms. The third kappa shape index (κ3) is 4.88. The van der Waals surface area contributed by atoms with Crippen molar-refractivity contribution in [2.24, 2.45) is 0 Å². The smallest absolute Gasteiger partial charge is 0.261 e. The van der Waals surface area contributed by atoms with Crippen molar-refractivity contribution < 1.29 is 16.8 Å². The Morgan fingerprint density at radius 2 is 1.15 bits per heavy atom. The molecule has 0 fully saturated rings. The molecule has 2 N–H and O–H groups in total. The summed E-state index contributed by atoms with van der Waals surface area (Å²) in [6.45, 7) is 0. The first-order valence-electron chi connectivity index (χ1n) is 7.73. The largest absolute Gasteiger partial charge is 0.280 e. The fourth-order valence-electron chi connectivity index (χ4n) is 2.27. The summed E-state index contributed by atoms with van der Waals surface area (Å²) in [4.78, 5) is 0.121. The summed E-state index contributed by atoms with van der Waals surface area (Å²) in [6.07, 6.45) is 0. The van der Waals surface area contributed by atoms with Crippen molar-refractivity contribution in [1.82, 2.24) is 0 Å². The van der Waals surface area contributed by atoms with Gasteiger partial charge in [-0.3, -0.25) is 9.44 Å². The Balaban J connectivity index is 1.79. The normalized spacial score (nSPS) is 11.7. The average molecular weight is 467 g/mol. The first-order chi connectivity index (χ1) is 12.8. The Hall–Kier alpha value is -2.36. The molecule has 0 saturated heterocycles. The minimum Gasteiger partial charge on any atom is -0.280 e. The van der Waals surface area contributed by atoms with E-state index in [1.165, 1.54) is 36.4 Å². The van der Waals surface area contributed by atoms with E-state index in [1.807, 2.05) is 0 Å². The standard InChI is InChI=1S/C18H15BrN2O4S2/c19-14-5-4-8-18(13-14)27(24,25)21-16-9-11-17(12-10-16)26(22,23)20-15-6-2-1-3-7-15/h1-13,20-21H. The van der Waals surface area contributed by atoms with E-state index in [2.05, 4.69) is 25.4 Å². The van der Waals surface area contributed by atoms with Crippen LogP contribution >= 0.6 is 15.9 Å². The van der Waals surface area contributed by atoms with Gasteiger partial charge in [-0.1, -0.05) is 40.2 Å². The molecule has 0 saturated carbocycles. The number of anilines is 2. The van der Waals surface area contributed by atoms with Gasteiger partial charge in [0.2, 0.25) is 0 Å². The molecule has 0 aliphatic rings. The van der Waals surface area contributed by atoms with E-state index in [1.54, 1.807) is 42.5 Å². The molecule has 6 nitrogen and oxygen atoms in total. The minimum atomic E-state index is -3.78. The van der Waals surface area contributed by atoms with Gasteiger partial charge in [0, 0.05) is 15.8 Å². The van der Waals surface area contributed by atoms with Crippen LogP contribution in [0.4, 0.5) is 11.4 Å². The first-order valence-corrected chi connectivity index (χ1v) is 11.5. The minimum absolute atomic E-state index is 0.0248. The van der Waals surface area contributed by atoms with Crippen molar-refractivity contribution >= 4 is 47.4 Å². The fraction of sp³-hybridized carbons (Fsp3) is 0. The Morgan fingerprint density at radius 3 is 1.74 bits per heavy atom. The zero-order chi connectivity index (χ0) is 19.5. The van der Waals surface area contributed by atoms with E-state index >= 15 is 0 Å². The highest BCUT2D eigenvalue weighted by Crippen LogP contribution is 2.22. The van der Waals surface area contributed by atoms with Gasteiger partial charge in [0.05, 0.1) is 9.79 Å². The molecule has 9 heteroatoms. The van der Waals surface area contributed by atoms with E-state index in [0.29, 0.717) is 10.2 Å². The molecule has 140 valence electrons. The predicted octanol–water partition coefficient (Wildman–Crippen LogP) is 4.05. The van der Waals surface area contributed by atoms with Gasteiger partial charge in [0.25, 0.3) is 20.0 Å². The van der Waals surface area contributed by atoms with Crippen LogP contribution in [0.25, 0.3) is 0 Å². The molecule has 0 heterocycles. The van der Waals surface area contributed by atoms with Crippen molar-refractivity contribution in [3.63, 3.8) is 0 Å². The van der Waals surface area contributed by atoms with Crippen LogP contribution < -0.4 is 9.44 Å². The van der Waals surface area contributed by atoms with E-state index in [9.17, 15) is 16.8 Å². The van der Waals surface area contributed by atoms with Gasteiger partial charge in [-0.05, 0) is 54.6 Å². The first kappa shape index (κ1) is 19.4. The number of para-hydroxylation sites is 1. The van der Waals surface area contributed by atoms with E-state index < -0.39 is 20.0 Å². The number of nitrogens with one attached hydrogen (secondary N) is 2. The maximum Gasteiger partial charge on any atom is 0.261 e. The lowest BCUT2D eigenvalue weighted by molar-refractivity contribution is 0.600. The third-order valence-electron chi connectivity index (χ3n) is 3.55. The second-order valence-electron chi connectivity index (χ2n) is 5.56. The molecule has 0 amide bonds. The van der Waals surface area contributed by atoms with Crippen LogP contribution in [0.5, 0.6) is 0 Å². The van der Waals surface area contributed by atoms with Gasteiger partial charge < -0.3 is 0 Å². The van der Waals surface area contributed by atoms with Gasteiger partial charge in [0.15, 0.2) is 0 Å². The van der Waals surface area contributed by atoms with Gasteiger partial charge >= 0.3 is 0 Å². The Morgan fingerprint density at radius 1 is 0.593 bits per heavy atom. The van der Waals surface area contributed by atoms with Crippen LogP contribution in [0.2, 0.25) is 0 Å². The highest BCUT2D eigenvalue weighted by molar-refractivity contribution is 9.10. The second-order valence-corrected chi connectivity index (χ2v) is 9.84. The van der Waals surface area contributed by atoms with Crippen LogP contribution in [0, 0.1) is 0 Å². The van der Waals surface area contributed by atoms with Crippen molar-refractivity contribution in [2.75, 3.05) is 9.44 Å². The summed E-state index contributed by atoms with van der Waals surface area (Å²) in [7, 11) is -7.54. The van der Waals surface area contributed by atoms with Crippen LogP contribution in [0.1, 0.15) is 0 Å². The molecule has 0 atom stereocenters. The number of halogens is 1. The van der Waals surface area contributed by atoms with Crippen LogP contribution in [0.3, 0.4) is 0 Å². The molecule has 0 unspecified atom stereocenters. The van der Waals surface area contributed by atoms with Crippen LogP contribution in [0.15, 0.2) is 93.1 Å². The maximum absolute atomic E-state index is 12.4. The van der Waals surface area contributed by atoms with Crippen molar-refractivity contribution in [3.8, 4) is 0 Å². The highest BCUT2D eigenvalue weighted by Gasteiger charge is 2.17. The molecule has 3 rings (SSSR count). The number of hydrogen-bond acceptors (Lipinski definition) is 4.